The van der Waals surface area contributed by atoms with Crippen molar-refractivity contribution in [3.63, 3.8) is 0 Å². The van der Waals surface area contributed by atoms with Gasteiger partial charge in [0.25, 0.3) is 0 Å². The lowest BCUT2D eigenvalue weighted by molar-refractivity contribution is -0.108. The van der Waals surface area contributed by atoms with Gasteiger partial charge in [0, 0.05) is 0 Å². The standard InChI is InChI=1S/C11H22OSi3/c1-13(2,3)15(14(4,5)6)10-8-7-9-11(15)12/h7-10H,1-6H3. The van der Waals surface area contributed by atoms with Crippen LogP contribution < -0.4 is 0 Å². The third-order valence-corrected chi connectivity index (χ3v) is 40.0. The van der Waals surface area contributed by atoms with Gasteiger partial charge in [-0.3, -0.25) is 0 Å². The SMILES string of the molecule is C[Si](C)(C)[Si]1([Si](C)(C)C)C=CC=CC1=O. The normalized spacial score (nSPS) is 20.8. The second-order valence-electron chi connectivity index (χ2n) is 6.39. The fourth-order valence-electron chi connectivity index (χ4n) is 2.92. The van der Waals surface area contributed by atoms with Crippen LogP contribution in [0.3, 0.4) is 0 Å². The van der Waals surface area contributed by atoms with Crippen molar-refractivity contribution in [2.75, 3.05) is 0 Å². The molecule has 0 atom stereocenters. The molecule has 1 nitrogen and oxygen atoms in total. The highest BCUT2D eigenvalue weighted by Gasteiger charge is 2.57. The Labute approximate surface area is 95.9 Å². The largest absolute Gasteiger partial charge is 0.301 e. The van der Waals surface area contributed by atoms with Crippen LogP contribution in [0.25, 0.3) is 0 Å². The Morgan fingerprint density at radius 1 is 0.933 bits per heavy atom. The summed E-state index contributed by atoms with van der Waals surface area (Å²) in [4.78, 5) is 12.4. The van der Waals surface area contributed by atoms with Gasteiger partial charge in [0.15, 0.2) is 0 Å². The molecule has 1 aliphatic rings. The van der Waals surface area contributed by atoms with Crippen molar-refractivity contribution >= 4 is 27.7 Å². The predicted octanol–water partition coefficient (Wildman–Crippen LogP) is 3.04. The zero-order chi connectivity index (χ0) is 11.9. The molecule has 1 heterocycles. The maximum absolute atomic E-state index is 12.4. The van der Waals surface area contributed by atoms with Crippen molar-refractivity contribution < 1.29 is 4.79 Å². The van der Waals surface area contributed by atoms with Crippen LogP contribution in [0.15, 0.2) is 23.9 Å². The van der Waals surface area contributed by atoms with Gasteiger partial charge in [0.05, 0.1) is 15.2 Å². The van der Waals surface area contributed by atoms with Crippen LogP contribution in [0.2, 0.25) is 39.3 Å². The Balaban J connectivity index is 3.39. The molecule has 15 heavy (non-hydrogen) atoms. The molecule has 0 aromatic rings. The summed E-state index contributed by atoms with van der Waals surface area (Å²) in [7, 11) is -4.60. The molecule has 0 amide bonds. The lowest BCUT2D eigenvalue weighted by Gasteiger charge is -2.46. The first kappa shape index (κ1) is 12.9. The number of allylic oxidation sites excluding steroid dienone is 3. The topological polar surface area (TPSA) is 17.1 Å². The van der Waals surface area contributed by atoms with E-state index in [9.17, 15) is 4.79 Å². The highest BCUT2D eigenvalue weighted by Crippen LogP contribution is 2.32. The minimum atomic E-state index is -1.82. The van der Waals surface area contributed by atoms with Crippen molar-refractivity contribution in [3.8, 4) is 0 Å². The third kappa shape index (κ3) is 1.90. The zero-order valence-electron chi connectivity index (χ0n) is 10.7. The fourth-order valence-corrected chi connectivity index (χ4v) is 44.1. The summed E-state index contributed by atoms with van der Waals surface area (Å²) in [5, 5.41) is 0.489. The molecule has 1 rings (SSSR count). The van der Waals surface area contributed by atoms with Crippen LogP contribution >= 0.6 is 0 Å². The number of rotatable bonds is 2. The van der Waals surface area contributed by atoms with Gasteiger partial charge < -0.3 is 4.79 Å². The maximum Gasteiger partial charge on any atom is 0.144 e. The average molecular weight is 255 g/mol. The molecule has 0 aliphatic carbocycles. The first-order valence-electron chi connectivity index (χ1n) is 5.53. The van der Waals surface area contributed by atoms with Crippen LogP contribution in [0.1, 0.15) is 0 Å². The first-order chi connectivity index (χ1) is 6.63. The Morgan fingerprint density at radius 3 is 1.67 bits per heavy atom. The van der Waals surface area contributed by atoms with E-state index in [1.165, 1.54) is 0 Å². The van der Waals surface area contributed by atoms with Crippen molar-refractivity contribution in [3.05, 3.63) is 23.9 Å². The number of carbonyl (C=O) groups excluding carboxylic acids is 1. The van der Waals surface area contributed by atoms with E-state index in [-0.39, 0.29) is 0 Å². The van der Waals surface area contributed by atoms with Crippen LogP contribution in [-0.2, 0) is 4.79 Å². The summed E-state index contributed by atoms with van der Waals surface area (Å²) in [5.74, 6) is 0. The van der Waals surface area contributed by atoms with Crippen molar-refractivity contribution in [1.82, 2.24) is 0 Å². The molecule has 0 saturated heterocycles. The smallest absolute Gasteiger partial charge is 0.144 e. The van der Waals surface area contributed by atoms with E-state index in [0.29, 0.717) is 5.41 Å². The zero-order valence-corrected chi connectivity index (χ0v) is 13.7. The molecule has 0 spiro atoms. The molecule has 0 bridgehead atoms. The van der Waals surface area contributed by atoms with Gasteiger partial charge in [-0.1, -0.05) is 57.1 Å². The van der Waals surface area contributed by atoms with Crippen LogP contribution in [0.4, 0.5) is 0 Å². The quantitative estimate of drug-likeness (QED) is 0.692. The summed E-state index contributed by atoms with van der Waals surface area (Å²) >= 11 is 0. The lowest BCUT2D eigenvalue weighted by Crippen LogP contribution is -2.75. The van der Waals surface area contributed by atoms with Gasteiger partial charge in [-0.05, 0) is 6.08 Å². The van der Waals surface area contributed by atoms with E-state index < -0.39 is 22.3 Å². The monoisotopic (exact) mass is 254 g/mol. The summed E-state index contributed by atoms with van der Waals surface area (Å²) in [6, 6.07) is 0. The van der Waals surface area contributed by atoms with E-state index in [2.05, 4.69) is 51.1 Å². The fraction of sp³-hybridized carbons (Fsp3) is 0.545. The number of carbonyl (C=O) groups is 1. The second kappa shape index (κ2) is 3.68. The van der Waals surface area contributed by atoms with E-state index in [0.717, 1.165) is 0 Å². The molecule has 4 heteroatoms. The maximum atomic E-state index is 12.4. The van der Waals surface area contributed by atoms with E-state index in [4.69, 9.17) is 0 Å². The van der Waals surface area contributed by atoms with E-state index in [1.54, 1.807) is 0 Å². The second-order valence-corrected chi connectivity index (χ2v) is 33.1. The molecule has 0 saturated carbocycles. The van der Waals surface area contributed by atoms with Crippen molar-refractivity contribution in [2.24, 2.45) is 0 Å². The molecule has 0 aromatic carbocycles. The summed E-state index contributed by atoms with van der Waals surface area (Å²) in [6.07, 6.45) is 5.88. The minimum absolute atomic E-state index is 0.489. The Morgan fingerprint density at radius 2 is 1.40 bits per heavy atom. The van der Waals surface area contributed by atoms with Crippen molar-refractivity contribution in [1.29, 1.82) is 0 Å². The third-order valence-electron chi connectivity index (χ3n) is 3.46. The summed E-state index contributed by atoms with van der Waals surface area (Å²) < 4.78 is 0. The van der Waals surface area contributed by atoms with Crippen LogP contribution in [0, 0.1) is 0 Å². The molecule has 0 aromatic heterocycles. The number of hydrogen-bond donors (Lipinski definition) is 0. The highest BCUT2D eigenvalue weighted by atomic mass is 29.6. The molecule has 0 fully saturated rings. The van der Waals surface area contributed by atoms with Gasteiger partial charge in [-0.15, -0.1) is 0 Å². The summed E-state index contributed by atoms with van der Waals surface area (Å²) in [5.41, 5.74) is 2.34. The molecule has 84 valence electrons. The first-order valence-corrected chi connectivity index (χ1v) is 16.6. The molecule has 0 radical (unpaired) electrons. The lowest BCUT2D eigenvalue weighted by atomic mass is 10.5. The molecule has 0 unspecified atom stereocenters. The molecule has 1 aliphatic heterocycles. The number of hydrogen-bond acceptors (Lipinski definition) is 1. The molecule has 0 N–H and O–H groups in total. The Bertz CT molecular complexity index is 315. The highest BCUT2D eigenvalue weighted by molar-refractivity contribution is 7.79. The van der Waals surface area contributed by atoms with Gasteiger partial charge in [0.2, 0.25) is 0 Å². The van der Waals surface area contributed by atoms with Crippen molar-refractivity contribution in [2.45, 2.75) is 39.3 Å². The van der Waals surface area contributed by atoms with Gasteiger partial charge in [-0.25, -0.2) is 0 Å². The van der Waals surface area contributed by atoms with Gasteiger partial charge >= 0.3 is 0 Å². The van der Waals surface area contributed by atoms with Crippen LogP contribution in [-0.4, -0.2) is 27.7 Å². The van der Waals surface area contributed by atoms with Crippen LogP contribution in [0.5, 0.6) is 0 Å². The average Bonchev–Trinajstić information content (AvgIpc) is 2.00. The van der Waals surface area contributed by atoms with Gasteiger partial charge in [0.1, 0.15) is 12.5 Å². The molecular weight excluding hydrogens is 232 g/mol. The van der Waals surface area contributed by atoms with E-state index in [1.807, 2.05) is 12.2 Å². The predicted molar refractivity (Wildman–Crippen MR) is 75.7 cm³/mol. The minimum Gasteiger partial charge on any atom is -0.301 e. The molecular formula is C11H22OSi3. The van der Waals surface area contributed by atoms with Gasteiger partial charge in [-0.2, -0.15) is 0 Å². The van der Waals surface area contributed by atoms with E-state index >= 15 is 0 Å². The summed E-state index contributed by atoms with van der Waals surface area (Å²) in [6.45, 7) is 14.2. The Hall–Kier alpha value is -0.199. The Kier molecular flexibility index (Phi) is 3.15.